The van der Waals surface area contributed by atoms with E-state index in [-0.39, 0.29) is 22.3 Å². The Balaban J connectivity index is 0.00000151. The van der Waals surface area contributed by atoms with Gasteiger partial charge in [-0.2, -0.15) is 0 Å². The monoisotopic (exact) mass is 351 g/mol. The fourth-order valence-corrected chi connectivity index (χ4v) is 1.86. The molecule has 25 heavy (non-hydrogen) atoms. The molecule has 0 radical (unpaired) electrons. The molecule has 2 aromatic rings. The number of esters is 1. The summed E-state index contributed by atoms with van der Waals surface area (Å²) in [6, 6.07) is 1.16. The summed E-state index contributed by atoms with van der Waals surface area (Å²) in [6.45, 7) is 4.00. The Morgan fingerprint density at radius 1 is 1.12 bits per heavy atom. The number of ether oxygens (including phenoxy) is 1. The van der Waals surface area contributed by atoms with Crippen LogP contribution in [0.25, 0.3) is 10.9 Å². The van der Waals surface area contributed by atoms with Crippen LogP contribution in [0.1, 0.15) is 24.2 Å². The quantitative estimate of drug-likeness (QED) is 0.217. The minimum Gasteiger partial charge on any atom is -0.504 e. The van der Waals surface area contributed by atoms with E-state index in [9.17, 15) is 25.2 Å². The van der Waals surface area contributed by atoms with Crippen molar-refractivity contribution in [2.24, 2.45) is 4.99 Å². The minimum atomic E-state index is -0.921. The largest absolute Gasteiger partial charge is 0.504 e. The fourth-order valence-electron chi connectivity index (χ4n) is 1.86. The molecule has 0 aliphatic carbocycles. The van der Waals surface area contributed by atoms with Gasteiger partial charge in [-0.05, 0) is 6.07 Å². The lowest BCUT2D eigenvalue weighted by Gasteiger charge is -2.11. The number of aromatic hydroxyl groups is 4. The van der Waals surface area contributed by atoms with Gasteiger partial charge in [0.25, 0.3) is 0 Å². The molecule has 1 heterocycles. The van der Waals surface area contributed by atoms with E-state index in [1.54, 1.807) is 19.0 Å². The Labute approximate surface area is 144 Å². The van der Waals surface area contributed by atoms with Crippen molar-refractivity contribution >= 4 is 29.0 Å². The normalized spacial score (nSPS) is 10.4. The van der Waals surface area contributed by atoms with Crippen LogP contribution < -0.4 is 0 Å². The Morgan fingerprint density at radius 2 is 1.68 bits per heavy atom. The second kappa shape index (κ2) is 8.04. The third-order valence-corrected chi connectivity index (χ3v) is 2.97. The van der Waals surface area contributed by atoms with E-state index >= 15 is 0 Å². The molecule has 0 saturated heterocycles. The molecule has 0 aliphatic rings. The maximum absolute atomic E-state index is 11.9. The number of fused-ring (bicyclic) bond motifs is 1. The number of hydrogen-bond donors (Lipinski definition) is 4. The summed E-state index contributed by atoms with van der Waals surface area (Å²) in [7, 11) is 4.57. The molecule has 0 saturated carbocycles. The molecule has 1 aromatic carbocycles. The summed E-state index contributed by atoms with van der Waals surface area (Å²) in [5.41, 5.74) is -0.311. The van der Waals surface area contributed by atoms with Crippen molar-refractivity contribution in [1.82, 2.24) is 9.88 Å². The number of methoxy groups -OCH3 is 1. The van der Waals surface area contributed by atoms with Gasteiger partial charge in [-0.15, -0.1) is 0 Å². The van der Waals surface area contributed by atoms with Crippen LogP contribution in [0.2, 0.25) is 0 Å². The van der Waals surface area contributed by atoms with E-state index in [0.717, 1.165) is 13.2 Å². The summed E-state index contributed by atoms with van der Waals surface area (Å²) >= 11 is 0. The highest BCUT2D eigenvalue weighted by molar-refractivity contribution is 6.03. The zero-order valence-corrected chi connectivity index (χ0v) is 14.6. The Hall–Kier alpha value is -3.23. The molecule has 0 spiro atoms. The number of carbonyl (C=O) groups is 1. The zero-order valence-electron chi connectivity index (χ0n) is 14.6. The lowest BCUT2D eigenvalue weighted by molar-refractivity contribution is 0.0601. The average Bonchev–Trinajstić information content (AvgIpc) is 2.63. The molecule has 9 heteroatoms. The number of aliphatic imine (C=N–C) groups is 1. The molecule has 2 rings (SSSR count). The van der Waals surface area contributed by atoms with E-state index in [4.69, 9.17) is 0 Å². The van der Waals surface area contributed by atoms with Gasteiger partial charge in [0.05, 0.1) is 18.8 Å². The zero-order chi connectivity index (χ0) is 19.3. The summed E-state index contributed by atoms with van der Waals surface area (Å²) in [5, 5.41) is 38.8. The van der Waals surface area contributed by atoms with Crippen LogP contribution in [0.15, 0.2) is 11.1 Å². The number of benzene rings is 1. The maximum atomic E-state index is 11.9. The second-order valence-corrected chi connectivity index (χ2v) is 4.85. The Kier molecular flexibility index (Phi) is 6.38. The summed E-state index contributed by atoms with van der Waals surface area (Å²) < 4.78 is 4.63. The third-order valence-electron chi connectivity index (χ3n) is 2.97. The van der Waals surface area contributed by atoms with Crippen LogP contribution in [-0.2, 0) is 4.74 Å². The first-order chi connectivity index (χ1) is 11.8. The minimum absolute atomic E-state index is 0.0853. The van der Waals surface area contributed by atoms with Gasteiger partial charge in [-0.3, -0.25) is 0 Å². The van der Waals surface area contributed by atoms with E-state index in [1.165, 1.54) is 6.34 Å². The number of hydrogen-bond acceptors (Lipinski definition) is 8. The molecular formula is C16H21N3O6. The van der Waals surface area contributed by atoms with Gasteiger partial charge in [0, 0.05) is 14.1 Å². The number of phenolic OH excluding ortho intramolecular Hbond substituents is 4. The van der Waals surface area contributed by atoms with Gasteiger partial charge in [-0.1, -0.05) is 13.8 Å². The van der Waals surface area contributed by atoms with E-state index in [1.807, 2.05) is 13.8 Å². The van der Waals surface area contributed by atoms with Gasteiger partial charge in [-0.25, -0.2) is 14.8 Å². The standard InChI is InChI=1S/C14H15N3O6.C2H6/c1-17(2)5-15-13-7(14(22)23-3)4-6-8(16-13)10(19)12(21)11(20)9(6)18;1-2/h4-5,18-21H,1-3H3;1-2H3/b15-5+;. The van der Waals surface area contributed by atoms with Gasteiger partial charge in [0.15, 0.2) is 17.3 Å². The summed E-state index contributed by atoms with van der Waals surface area (Å²) in [5.74, 6) is -4.16. The van der Waals surface area contributed by atoms with Crippen LogP contribution >= 0.6 is 0 Å². The van der Waals surface area contributed by atoms with E-state index in [0.29, 0.717) is 0 Å². The van der Waals surface area contributed by atoms with Crippen LogP contribution in [0.3, 0.4) is 0 Å². The van der Waals surface area contributed by atoms with Crippen molar-refractivity contribution < 1.29 is 30.0 Å². The van der Waals surface area contributed by atoms with Gasteiger partial charge < -0.3 is 30.1 Å². The van der Waals surface area contributed by atoms with Crippen LogP contribution in [0.5, 0.6) is 23.0 Å². The molecular weight excluding hydrogens is 330 g/mol. The predicted molar refractivity (Wildman–Crippen MR) is 92.9 cm³/mol. The number of carbonyl (C=O) groups excluding carboxylic acids is 1. The first kappa shape index (κ1) is 19.8. The van der Waals surface area contributed by atoms with Crippen molar-refractivity contribution in [2.45, 2.75) is 13.8 Å². The predicted octanol–water partition coefficient (Wildman–Crippen LogP) is 2.09. The molecule has 1 aromatic heterocycles. The SMILES string of the molecule is CC.COC(=O)c1cc2c(O)c(O)c(O)c(O)c2nc1/N=C/N(C)C. The Bertz CT molecular complexity index is 818. The molecule has 9 nitrogen and oxygen atoms in total. The lowest BCUT2D eigenvalue weighted by atomic mass is 10.1. The first-order valence-corrected chi connectivity index (χ1v) is 7.37. The summed E-state index contributed by atoms with van der Waals surface area (Å²) in [4.78, 5) is 21.4. The molecule has 0 fully saturated rings. The van der Waals surface area contributed by atoms with E-state index in [2.05, 4.69) is 14.7 Å². The number of phenols is 4. The summed E-state index contributed by atoms with van der Waals surface area (Å²) in [6.07, 6.45) is 1.37. The smallest absolute Gasteiger partial charge is 0.341 e. The van der Waals surface area contributed by atoms with Crippen molar-refractivity contribution in [1.29, 1.82) is 0 Å². The van der Waals surface area contributed by atoms with Crippen LogP contribution in [0.4, 0.5) is 5.82 Å². The van der Waals surface area contributed by atoms with Crippen LogP contribution in [0, 0.1) is 0 Å². The van der Waals surface area contributed by atoms with Gasteiger partial charge in [0.2, 0.25) is 11.5 Å². The molecule has 0 amide bonds. The van der Waals surface area contributed by atoms with E-state index < -0.39 is 29.0 Å². The lowest BCUT2D eigenvalue weighted by Crippen LogP contribution is -2.08. The van der Waals surface area contributed by atoms with Gasteiger partial charge >= 0.3 is 5.97 Å². The number of aromatic nitrogens is 1. The van der Waals surface area contributed by atoms with Gasteiger partial charge in [0.1, 0.15) is 11.1 Å². The molecule has 0 aliphatic heterocycles. The first-order valence-electron chi connectivity index (χ1n) is 7.37. The molecule has 0 bridgehead atoms. The number of nitrogens with zero attached hydrogens (tertiary/aromatic N) is 3. The number of rotatable bonds is 3. The van der Waals surface area contributed by atoms with Crippen molar-refractivity contribution in [2.75, 3.05) is 21.2 Å². The van der Waals surface area contributed by atoms with Crippen molar-refractivity contribution in [3.8, 4) is 23.0 Å². The van der Waals surface area contributed by atoms with Crippen molar-refractivity contribution in [3.63, 3.8) is 0 Å². The topological polar surface area (TPSA) is 136 Å². The van der Waals surface area contributed by atoms with Crippen LogP contribution in [-0.4, -0.2) is 63.8 Å². The number of pyridine rings is 1. The second-order valence-electron chi connectivity index (χ2n) is 4.85. The third kappa shape index (κ3) is 3.82. The highest BCUT2D eigenvalue weighted by Gasteiger charge is 2.23. The van der Waals surface area contributed by atoms with Crippen molar-refractivity contribution in [3.05, 3.63) is 11.6 Å². The molecule has 0 unspecified atom stereocenters. The molecule has 136 valence electrons. The average molecular weight is 351 g/mol. The fraction of sp³-hybridized carbons (Fsp3) is 0.312. The molecule has 4 N–H and O–H groups in total. The Morgan fingerprint density at radius 3 is 2.20 bits per heavy atom. The molecule has 0 atom stereocenters. The highest BCUT2D eigenvalue weighted by atomic mass is 16.5. The highest BCUT2D eigenvalue weighted by Crippen LogP contribution is 2.48. The maximum Gasteiger partial charge on any atom is 0.341 e.